The van der Waals surface area contributed by atoms with Crippen LogP contribution in [0.25, 0.3) is 5.69 Å². The van der Waals surface area contributed by atoms with Gasteiger partial charge in [0.25, 0.3) is 5.91 Å². The number of ether oxygens (including phenoxy) is 1. The van der Waals surface area contributed by atoms with E-state index in [1.165, 1.54) is 12.8 Å². The van der Waals surface area contributed by atoms with Crippen molar-refractivity contribution in [3.05, 3.63) is 76.1 Å². The molecular formula is C25H27ClN4O2. The molecule has 2 aromatic carbocycles. The zero-order valence-corrected chi connectivity index (χ0v) is 19.3. The van der Waals surface area contributed by atoms with Gasteiger partial charge in [-0.05, 0) is 75.2 Å². The van der Waals surface area contributed by atoms with Crippen LogP contribution < -0.4 is 15.1 Å². The van der Waals surface area contributed by atoms with Crippen molar-refractivity contribution in [1.29, 1.82) is 0 Å². The van der Waals surface area contributed by atoms with Crippen LogP contribution in [0.4, 0.5) is 5.69 Å². The normalized spacial score (nSPS) is 13.7. The van der Waals surface area contributed by atoms with Gasteiger partial charge in [-0.3, -0.25) is 4.79 Å². The second kappa shape index (κ2) is 9.49. The Bertz CT molecular complexity index is 1150. The topological polar surface area (TPSA) is 58.9 Å². The zero-order valence-electron chi connectivity index (χ0n) is 18.6. The lowest BCUT2D eigenvalue weighted by atomic mass is 10.2. The molecule has 1 amide bonds. The first-order chi connectivity index (χ1) is 15.5. The maximum atomic E-state index is 12.5. The Morgan fingerprint density at radius 3 is 2.50 bits per heavy atom. The molecule has 1 saturated heterocycles. The van der Waals surface area contributed by atoms with Gasteiger partial charge in [-0.1, -0.05) is 11.6 Å². The molecule has 0 bridgehead atoms. The summed E-state index contributed by atoms with van der Waals surface area (Å²) in [6.45, 7) is 6.16. The van der Waals surface area contributed by atoms with Gasteiger partial charge in [0.1, 0.15) is 5.75 Å². The molecule has 166 valence electrons. The highest BCUT2D eigenvalue weighted by Gasteiger charge is 2.15. The molecule has 0 spiro atoms. The molecule has 3 aromatic rings. The van der Waals surface area contributed by atoms with Gasteiger partial charge in [-0.2, -0.15) is 5.10 Å². The highest BCUT2D eigenvalue weighted by molar-refractivity contribution is 6.30. The van der Waals surface area contributed by atoms with Crippen LogP contribution >= 0.6 is 11.6 Å². The van der Waals surface area contributed by atoms with Crippen LogP contribution in [0.5, 0.6) is 5.75 Å². The number of anilines is 1. The van der Waals surface area contributed by atoms with Gasteiger partial charge >= 0.3 is 0 Å². The number of hydrogen-bond acceptors (Lipinski definition) is 4. The monoisotopic (exact) mass is 450 g/mol. The Morgan fingerprint density at radius 2 is 1.81 bits per heavy atom. The van der Waals surface area contributed by atoms with Gasteiger partial charge in [-0.15, -0.1) is 0 Å². The first kappa shape index (κ1) is 22.0. The molecule has 1 aromatic heterocycles. The fraction of sp³-hybridized carbons (Fsp3) is 0.280. The molecule has 6 nitrogen and oxygen atoms in total. The van der Waals surface area contributed by atoms with Crippen LogP contribution in [-0.4, -0.2) is 36.9 Å². The van der Waals surface area contributed by atoms with E-state index in [9.17, 15) is 4.79 Å². The Labute approximate surface area is 193 Å². The smallest absolute Gasteiger partial charge is 0.271 e. The maximum absolute atomic E-state index is 12.5. The van der Waals surface area contributed by atoms with Crippen LogP contribution in [0.1, 0.15) is 40.2 Å². The molecule has 4 rings (SSSR count). The van der Waals surface area contributed by atoms with Crippen molar-refractivity contribution in [1.82, 2.24) is 9.99 Å². The standard InChI is InChI=1S/C25H27ClN4O2/c1-17-14-20(18(2)30(17)23-15-21(26)8-11-24(23)32-3)16-27-28-25(31)19-6-9-22(10-7-19)29-12-4-5-13-29/h6-11,14-16H,4-5,12-13H2,1-3H3,(H,28,31)/b27-16-. The summed E-state index contributed by atoms with van der Waals surface area (Å²) >= 11 is 6.21. The number of benzene rings is 2. The maximum Gasteiger partial charge on any atom is 0.271 e. The van der Waals surface area contributed by atoms with E-state index in [1.807, 2.05) is 56.3 Å². The number of rotatable bonds is 6. The molecule has 1 fully saturated rings. The quantitative estimate of drug-likeness (QED) is 0.419. The number of nitrogens with one attached hydrogen (secondary N) is 1. The number of hydrazone groups is 1. The van der Waals surface area contributed by atoms with Crippen LogP contribution in [0.3, 0.4) is 0 Å². The van der Waals surface area contributed by atoms with E-state index >= 15 is 0 Å². The summed E-state index contributed by atoms with van der Waals surface area (Å²) < 4.78 is 7.56. The Kier molecular flexibility index (Phi) is 6.51. The van der Waals surface area contributed by atoms with E-state index in [4.69, 9.17) is 16.3 Å². The average molecular weight is 451 g/mol. The summed E-state index contributed by atoms with van der Waals surface area (Å²) in [5.74, 6) is 0.491. The third-order valence-electron chi connectivity index (χ3n) is 5.82. The summed E-state index contributed by atoms with van der Waals surface area (Å²) in [6.07, 6.45) is 4.11. The molecule has 2 heterocycles. The van der Waals surface area contributed by atoms with Crippen LogP contribution in [-0.2, 0) is 0 Å². The number of carbonyl (C=O) groups is 1. The summed E-state index contributed by atoms with van der Waals surface area (Å²) in [4.78, 5) is 14.8. The molecule has 0 aliphatic carbocycles. The van der Waals surface area contributed by atoms with Crippen molar-refractivity contribution in [2.24, 2.45) is 5.10 Å². The highest BCUT2D eigenvalue weighted by atomic mass is 35.5. The summed E-state index contributed by atoms with van der Waals surface area (Å²) in [5, 5.41) is 4.81. The van der Waals surface area contributed by atoms with E-state index in [1.54, 1.807) is 19.4 Å². The lowest BCUT2D eigenvalue weighted by Crippen LogP contribution is -2.19. The molecule has 1 aliphatic heterocycles. The molecule has 0 radical (unpaired) electrons. The lowest BCUT2D eigenvalue weighted by Gasteiger charge is -2.17. The van der Waals surface area contributed by atoms with Gasteiger partial charge in [0.15, 0.2) is 0 Å². The number of amides is 1. The Morgan fingerprint density at radius 1 is 1.09 bits per heavy atom. The molecular weight excluding hydrogens is 424 g/mol. The van der Waals surface area contributed by atoms with Crippen LogP contribution in [0.15, 0.2) is 53.6 Å². The van der Waals surface area contributed by atoms with Crippen LogP contribution in [0, 0.1) is 13.8 Å². The number of aromatic nitrogens is 1. The van der Waals surface area contributed by atoms with Crippen molar-refractivity contribution < 1.29 is 9.53 Å². The zero-order chi connectivity index (χ0) is 22.7. The Balaban J connectivity index is 1.48. The minimum Gasteiger partial charge on any atom is -0.495 e. The molecule has 7 heteroatoms. The lowest BCUT2D eigenvalue weighted by molar-refractivity contribution is 0.0955. The van der Waals surface area contributed by atoms with Crippen molar-refractivity contribution in [3.63, 3.8) is 0 Å². The largest absolute Gasteiger partial charge is 0.495 e. The van der Waals surface area contributed by atoms with Gasteiger partial charge < -0.3 is 14.2 Å². The van der Waals surface area contributed by atoms with Crippen molar-refractivity contribution in [2.75, 3.05) is 25.1 Å². The number of nitrogens with zero attached hydrogens (tertiary/aromatic N) is 3. The third kappa shape index (κ3) is 4.50. The van der Waals surface area contributed by atoms with Gasteiger partial charge in [0, 0.05) is 46.3 Å². The minimum atomic E-state index is -0.237. The second-order valence-corrected chi connectivity index (χ2v) is 8.35. The number of halogens is 1. The number of hydrogen-bond donors (Lipinski definition) is 1. The minimum absolute atomic E-state index is 0.237. The number of methoxy groups -OCH3 is 1. The van der Waals surface area contributed by atoms with E-state index in [0.717, 1.165) is 47.2 Å². The molecule has 0 atom stereocenters. The average Bonchev–Trinajstić information content (AvgIpc) is 3.42. The molecule has 0 saturated carbocycles. The SMILES string of the molecule is COc1ccc(Cl)cc1-n1c(C)cc(/C=N\NC(=O)c2ccc(N3CCCC3)cc2)c1C. The van der Waals surface area contributed by atoms with E-state index in [-0.39, 0.29) is 5.91 Å². The van der Waals surface area contributed by atoms with Gasteiger partial charge in [0.05, 0.1) is 19.0 Å². The third-order valence-corrected chi connectivity index (χ3v) is 6.06. The fourth-order valence-corrected chi connectivity index (χ4v) is 4.32. The predicted octanol–water partition coefficient (Wildman–Crippen LogP) is 5.12. The first-order valence-corrected chi connectivity index (χ1v) is 11.1. The van der Waals surface area contributed by atoms with Crippen molar-refractivity contribution in [3.8, 4) is 11.4 Å². The molecule has 32 heavy (non-hydrogen) atoms. The van der Waals surface area contributed by atoms with Crippen LogP contribution in [0.2, 0.25) is 5.02 Å². The summed E-state index contributed by atoms with van der Waals surface area (Å²) in [5.41, 5.74) is 8.10. The highest BCUT2D eigenvalue weighted by Crippen LogP contribution is 2.30. The van der Waals surface area contributed by atoms with E-state index in [2.05, 4.69) is 20.0 Å². The van der Waals surface area contributed by atoms with E-state index in [0.29, 0.717) is 10.6 Å². The van der Waals surface area contributed by atoms with Gasteiger partial charge in [0.2, 0.25) is 0 Å². The predicted molar refractivity (Wildman–Crippen MR) is 130 cm³/mol. The Hall–Kier alpha value is -3.25. The number of carbonyl (C=O) groups excluding carboxylic acids is 1. The van der Waals surface area contributed by atoms with Gasteiger partial charge in [-0.25, -0.2) is 5.43 Å². The summed E-state index contributed by atoms with van der Waals surface area (Å²) in [7, 11) is 1.64. The molecule has 0 unspecified atom stereocenters. The molecule has 1 N–H and O–H groups in total. The molecule has 1 aliphatic rings. The number of aryl methyl sites for hydroxylation is 1. The first-order valence-electron chi connectivity index (χ1n) is 10.7. The van der Waals surface area contributed by atoms with E-state index < -0.39 is 0 Å². The van der Waals surface area contributed by atoms with Crippen molar-refractivity contribution >= 4 is 29.4 Å². The van der Waals surface area contributed by atoms with Crippen molar-refractivity contribution in [2.45, 2.75) is 26.7 Å². The fourth-order valence-electron chi connectivity index (χ4n) is 4.15. The summed E-state index contributed by atoms with van der Waals surface area (Å²) in [6, 6.07) is 15.2. The second-order valence-electron chi connectivity index (χ2n) is 7.92.